The van der Waals surface area contributed by atoms with Crippen LogP contribution in [0.25, 0.3) is 10.9 Å². The van der Waals surface area contributed by atoms with E-state index in [1.165, 1.54) is 4.68 Å². The van der Waals surface area contributed by atoms with Crippen LogP contribution in [0.1, 0.15) is 0 Å². The fraction of sp³-hybridized carbons (Fsp3) is 0.214. The zero-order valence-electron chi connectivity index (χ0n) is 11.7. The molecule has 0 unspecified atom stereocenters. The van der Waals surface area contributed by atoms with Gasteiger partial charge < -0.3 is 4.74 Å². The first kappa shape index (κ1) is 14.9. The van der Waals surface area contributed by atoms with Crippen molar-refractivity contribution in [1.29, 1.82) is 0 Å². The summed E-state index contributed by atoms with van der Waals surface area (Å²) >= 11 is 11.9. The highest BCUT2D eigenvalue weighted by Crippen LogP contribution is 2.27. The third-order valence-corrected chi connectivity index (χ3v) is 3.74. The molecule has 114 valence electrons. The summed E-state index contributed by atoms with van der Waals surface area (Å²) < 4.78 is 8.48. The van der Waals surface area contributed by atoms with Crippen molar-refractivity contribution in [3.8, 4) is 5.75 Å². The SMILES string of the molecule is Cn1ncc2cnn(CCOc3cc(Cl)ccc3Cl)c2c1=O. The van der Waals surface area contributed by atoms with E-state index in [0.717, 1.165) is 0 Å². The molecule has 0 aliphatic carbocycles. The molecule has 0 radical (unpaired) electrons. The van der Waals surface area contributed by atoms with Gasteiger partial charge in [-0.15, -0.1) is 0 Å². The van der Waals surface area contributed by atoms with Crippen molar-refractivity contribution in [2.24, 2.45) is 7.05 Å². The number of halogens is 2. The largest absolute Gasteiger partial charge is 0.490 e. The Morgan fingerprint density at radius 3 is 2.82 bits per heavy atom. The van der Waals surface area contributed by atoms with Gasteiger partial charge in [-0.05, 0) is 12.1 Å². The Labute approximate surface area is 135 Å². The summed E-state index contributed by atoms with van der Waals surface area (Å²) in [6.07, 6.45) is 3.21. The van der Waals surface area contributed by atoms with E-state index in [2.05, 4.69) is 10.2 Å². The predicted molar refractivity (Wildman–Crippen MR) is 84.7 cm³/mol. The number of benzene rings is 1. The molecule has 2 heterocycles. The average Bonchev–Trinajstić information content (AvgIpc) is 2.90. The second-order valence-electron chi connectivity index (χ2n) is 4.67. The van der Waals surface area contributed by atoms with Gasteiger partial charge in [-0.3, -0.25) is 9.48 Å². The maximum atomic E-state index is 12.1. The van der Waals surface area contributed by atoms with E-state index in [0.29, 0.717) is 39.8 Å². The fourth-order valence-electron chi connectivity index (χ4n) is 2.08. The zero-order valence-corrected chi connectivity index (χ0v) is 13.2. The van der Waals surface area contributed by atoms with Crippen LogP contribution in [0.4, 0.5) is 0 Å². The van der Waals surface area contributed by atoms with Crippen LogP contribution in [0, 0.1) is 0 Å². The van der Waals surface area contributed by atoms with Crippen LogP contribution in [-0.2, 0) is 13.6 Å². The second kappa shape index (κ2) is 5.98. The van der Waals surface area contributed by atoms with E-state index < -0.39 is 0 Å². The van der Waals surface area contributed by atoms with Gasteiger partial charge in [0.05, 0.1) is 24.0 Å². The molecule has 0 fully saturated rings. The first-order valence-corrected chi connectivity index (χ1v) is 7.27. The van der Waals surface area contributed by atoms with E-state index in [9.17, 15) is 4.79 Å². The number of hydrogen-bond donors (Lipinski definition) is 0. The van der Waals surface area contributed by atoms with Crippen molar-refractivity contribution in [2.75, 3.05) is 6.61 Å². The lowest BCUT2D eigenvalue weighted by Crippen LogP contribution is -2.22. The van der Waals surface area contributed by atoms with Crippen LogP contribution in [0.2, 0.25) is 10.0 Å². The van der Waals surface area contributed by atoms with E-state index in [4.69, 9.17) is 27.9 Å². The van der Waals surface area contributed by atoms with Gasteiger partial charge in [-0.1, -0.05) is 23.2 Å². The summed E-state index contributed by atoms with van der Waals surface area (Å²) in [6, 6.07) is 5.01. The molecule has 0 aliphatic rings. The Morgan fingerprint density at radius 1 is 1.23 bits per heavy atom. The minimum Gasteiger partial charge on any atom is -0.490 e. The molecular formula is C14H12Cl2N4O2. The molecule has 3 aromatic rings. The summed E-state index contributed by atoms with van der Waals surface area (Å²) in [4.78, 5) is 12.1. The highest BCUT2D eigenvalue weighted by Gasteiger charge is 2.09. The lowest BCUT2D eigenvalue weighted by atomic mass is 10.3. The molecule has 0 amide bonds. The van der Waals surface area contributed by atoms with E-state index in [-0.39, 0.29) is 5.56 Å². The minimum atomic E-state index is -0.198. The Balaban J connectivity index is 1.79. The number of aryl methyl sites for hydroxylation is 1. The summed E-state index contributed by atoms with van der Waals surface area (Å²) in [7, 11) is 1.60. The number of aromatic nitrogens is 4. The van der Waals surface area contributed by atoms with Crippen molar-refractivity contribution in [3.05, 3.63) is 51.0 Å². The van der Waals surface area contributed by atoms with E-state index >= 15 is 0 Å². The Bertz CT molecular complexity index is 888. The topological polar surface area (TPSA) is 61.9 Å². The molecule has 0 bridgehead atoms. The molecule has 0 atom stereocenters. The molecule has 22 heavy (non-hydrogen) atoms. The number of fused-ring (bicyclic) bond motifs is 1. The summed E-state index contributed by atoms with van der Waals surface area (Å²) in [5.74, 6) is 0.500. The average molecular weight is 339 g/mol. The van der Waals surface area contributed by atoms with Gasteiger partial charge >= 0.3 is 0 Å². The molecule has 3 rings (SSSR count). The van der Waals surface area contributed by atoms with Crippen molar-refractivity contribution in [1.82, 2.24) is 19.6 Å². The van der Waals surface area contributed by atoms with Crippen LogP contribution in [0.15, 0.2) is 35.4 Å². The summed E-state index contributed by atoms with van der Waals surface area (Å²) in [6.45, 7) is 0.716. The highest BCUT2D eigenvalue weighted by molar-refractivity contribution is 6.34. The number of rotatable bonds is 4. The lowest BCUT2D eigenvalue weighted by Gasteiger charge is -2.09. The van der Waals surface area contributed by atoms with E-state index in [1.54, 1.807) is 42.3 Å². The van der Waals surface area contributed by atoms with Crippen LogP contribution in [0.3, 0.4) is 0 Å². The molecule has 2 aromatic heterocycles. The first-order valence-electron chi connectivity index (χ1n) is 6.52. The van der Waals surface area contributed by atoms with Crippen LogP contribution in [-0.4, -0.2) is 26.2 Å². The lowest BCUT2D eigenvalue weighted by molar-refractivity contribution is 0.293. The van der Waals surface area contributed by atoms with Crippen molar-refractivity contribution in [3.63, 3.8) is 0 Å². The third-order valence-electron chi connectivity index (χ3n) is 3.19. The van der Waals surface area contributed by atoms with Crippen LogP contribution < -0.4 is 10.3 Å². The normalized spacial score (nSPS) is 11.0. The van der Waals surface area contributed by atoms with E-state index in [1.807, 2.05) is 0 Å². The maximum absolute atomic E-state index is 12.1. The smallest absolute Gasteiger partial charge is 0.292 e. The standard InChI is InChI=1S/C14H12Cl2N4O2/c1-19-14(21)13-9(7-17-19)8-18-20(13)4-5-22-12-6-10(15)2-3-11(12)16/h2-3,6-8H,4-5H2,1H3. The van der Waals surface area contributed by atoms with Gasteiger partial charge in [-0.25, -0.2) is 4.68 Å². The summed E-state index contributed by atoms with van der Waals surface area (Å²) in [5, 5.41) is 9.87. The molecule has 0 spiro atoms. The van der Waals surface area contributed by atoms with Crippen molar-refractivity contribution in [2.45, 2.75) is 6.54 Å². The van der Waals surface area contributed by atoms with Gasteiger partial charge in [0.25, 0.3) is 5.56 Å². The Morgan fingerprint density at radius 2 is 2.00 bits per heavy atom. The van der Waals surface area contributed by atoms with Crippen molar-refractivity contribution >= 4 is 34.1 Å². The van der Waals surface area contributed by atoms with Gasteiger partial charge in [0.1, 0.15) is 17.9 Å². The minimum absolute atomic E-state index is 0.198. The number of nitrogens with zero attached hydrogens (tertiary/aromatic N) is 4. The molecule has 1 aromatic carbocycles. The van der Waals surface area contributed by atoms with Gasteiger partial charge in [-0.2, -0.15) is 10.2 Å². The predicted octanol–water partition coefficient (Wildman–Crippen LogP) is 2.52. The maximum Gasteiger partial charge on any atom is 0.292 e. The van der Waals surface area contributed by atoms with Crippen molar-refractivity contribution < 1.29 is 4.74 Å². The Kier molecular flexibility index (Phi) is 4.04. The fourth-order valence-corrected chi connectivity index (χ4v) is 2.42. The number of ether oxygens (including phenoxy) is 1. The molecule has 6 nitrogen and oxygen atoms in total. The summed E-state index contributed by atoms with van der Waals surface area (Å²) in [5.41, 5.74) is 0.300. The van der Waals surface area contributed by atoms with Crippen LogP contribution >= 0.6 is 23.2 Å². The highest BCUT2D eigenvalue weighted by atomic mass is 35.5. The quantitative estimate of drug-likeness (QED) is 0.733. The van der Waals surface area contributed by atoms with Gasteiger partial charge in [0.2, 0.25) is 0 Å². The Hall–Kier alpha value is -2.05. The molecule has 0 saturated carbocycles. The monoisotopic (exact) mass is 338 g/mol. The van der Waals surface area contributed by atoms with Crippen LogP contribution in [0.5, 0.6) is 5.75 Å². The second-order valence-corrected chi connectivity index (χ2v) is 5.51. The molecule has 0 saturated heterocycles. The number of hydrogen-bond acceptors (Lipinski definition) is 4. The molecule has 0 N–H and O–H groups in total. The third kappa shape index (κ3) is 2.80. The van der Waals surface area contributed by atoms with Gasteiger partial charge in [0, 0.05) is 23.5 Å². The molecular weight excluding hydrogens is 327 g/mol. The molecule has 0 aliphatic heterocycles. The zero-order chi connectivity index (χ0) is 15.7. The van der Waals surface area contributed by atoms with Gasteiger partial charge in [0.15, 0.2) is 0 Å². The molecule has 8 heteroatoms. The first-order chi connectivity index (χ1) is 10.6.